The Morgan fingerprint density at radius 3 is 2.34 bits per heavy atom. The molecule has 1 aromatic carbocycles. The molecule has 2 saturated heterocycles. The largest absolute Gasteiger partial charge is 0.420 e. The van der Waals surface area contributed by atoms with Crippen molar-refractivity contribution in [3.8, 4) is 11.3 Å². The predicted molar refractivity (Wildman–Crippen MR) is 121 cm³/mol. The van der Waals surface area contributed by atoms with Gasteiger partial charge in [0.2, 0.25) is 0 Å². The van der Waals surface area contributed by atoms with Crippen molar-refractivity contribution in [2.24, 2.45) is 17.8 Å². The molecule has 35 heavy (non-hydrogen) atoms. The molecular formula is C25H29F5N4O. The van der Waals surface area contributed by atoms with Gasteiger partial charge in [-0.15, -0.1) is 10.2 Å². The third-order valence-electron chi connectivity index (χ3n) is 7.65. The third-order valence-corrected chi connectivity index (χ3v) is 7.65. The highest BCUT2D eigenvalue weighted by molar-refractivity contribution is 5.64. The zero-order chi connectivity index (χ0) is 24.7. The molecule has 0 bridgehead atoms. The van der Waals surface area contributed by atoms with Gasteiger partial charge in [0.25, 0.3) is 0 Å². The van der Waals surface area contributed by atoms with Crippen LogP contribution in [0.5, 0.6) is 0 Å². The van der Waals surface area contributed by atoms with Gasteiger partial charge in [-0.3, -0.25) is 0 Å². The van der Waals surface area contributed by atoms with Crippen LogP contribution in [0.2, 0.25) is 0 Å². The summed E-state index contributed by atoms with van der Waals surface area (Å²) < 4.78 is 75.0. The van der Waals surface area contributed by atoms with Crippen molar-refractivity contribution < 1.29 is 26.7 Å². The molecule has 2 unspecified atom stereocenters. The van der Waals surface area contributed by atoms with Crippen LogP contribution in [0.4, 0.5) is 27.8 Å². The van der Waals surface area contributed by atoms with Crippen LogP contribution in [0.1, 0.15) is 36.8 Å². The molecular weight excluding hydrogens is 467 g/mol. The number of halogens is 5. The third kappa shape index (κ3) is 5.28. The van der Waals surface area contributed by atoms with E-state index in [2.05, 4.69) is 20.4 Å². The van der Waals surface area contributed by atoms with E-state index in [0.29, 0.717) is 23.8 Å². The van der Waals surface area contributed by atoms with Gasteiger partial charge in [0.05, 0.1) is 5.69 Å². The summed E-state index contributed by atoms with van der Waals surface area (Å²) in [6.07, 6.45) is -0.963. The van der Waals surface area contributed by atoms with E-state index < -0.39 is 23.4 Å². The maximum Gasteiger partial charge on any atom is 0.420 e. The van der Waals surface area contributed by atoms with Gasteiger partial charge < -0.3 is 15.0 Å². The van der Waals surface area contributed by atoms with Crippen LogP contribution in [0.3, 0.4) is 0 Å². The first-order chi connectivity index (χ1) is 16.7. The summed E-state index contributed by atoms with van der Waals surface area (Å²) in [5, 5.41) is 10.6. The van der Waals surface area contributed by atoms with E-state index >= 15 is 0 Å². The van der Waals surface area contributed by atoms with Crippen molar-refractivity contribution in [2.45, 2.75) is 44.8 Å². The van der Waals surface area contributed by atoms with Gasteiger partial charge >= 0.3 is 6.18 Å². The number of ether oxygens (including phenoxy) is 1. The lowest BCUT2D eigenvalue weighted by Gasteiger charge is -2.28. The molecule has 2 aromatic rings. The summed E-state index contributed by atoms with van der Waals surface area (Å²) in [5.74, 6) is -0.536. The number of rotatable bonds is 5. The monoisotopic (exact) mass is 496 g/mol. The minimum absolute atomic E-state index is 0.113. The number of fused-ring (bicyclic) bond motifs is 1. The van der Waals surface area contributed by atoms with Crippen molar-refractivity contribution in [1.82, 2.24) is 15.1 Å². The normalized spacial score (nSPS) is 25.7. The lowest BCUT2D eigenvalue weighted by molar-refractivity contribution is -0.137. The highest BCUT2D eigenvalue weighted by atomic mass is 19.4. The molecule has 190 valence electrons. The van der Waals surface area contributed by atoms with E-state index in [1.807, 2.05) is 0 Å². The molecule has 2 aliphatic heterocycles. The van der Waals surface area contributed by atoms with Gasteiger partial charge in [-0.25, -0.2) is 8.78 Å². The summed E-state index contributed by atoms with van der Waals surface area (Å²) in [7, 11) is 0. The first kappa shape index (κ1) is 24.4. The van der Waals surface area contributed by atoms with E-state index in [1.165, 1.54) is 6.92 Å². The van der Waals surface area contributed by atoms with Crippen LogP contribution in [0.15, 0.2) is 18.2 Å². The van der Waals surface area contributed by atoms with Crippen LogP contribution in [-0.4, -0.2) is 54.0 Å². The Kier molecular flexibility index (Phi) is 6.69. The van der Waals surface area contributed by atoms with Crippen LogP contribution < -0.4 is 5.32 Å². The first-order valence-corrected chi connectivity index (χ1v) is 12.1. The van der Waals surface area contributed by atoms with Gasteiger partial charge in [0.1, 0.15) is 17.2 Å². The molecule has 5 nitrogen and oxygen atoms in total. The van der Waals surface area contributed by atoms with Crippen molar-refractivity contribution in [1.29, 1.82) is 0 Å². The molecule has 0 amide bonds. The quantitative estimate of drug-likeness (QED) is 0.570. The topological polar surface area (TPSA) is 50.3 Å². The highest BCUT2D eigenvalue weighted by Gasteiger charge is 2.43. The number of hydrogen-bond acceptors (Lipinski definition) is 5. The number of likely N-dealkylation sites (tertiary alicyclic amines) is 1. The number of aromatic nitrogens is 2. The van der Waals surface area contributed by atoms with E-state index in [1.54, 1.807) is 0 Å². The second kappa shape index (κ2) is 9.61. The minimum Gasteiger partial charge on any atom is -0.381 e. The van der Waals surface area contributed by atoms with E-state index in [9.17, 15) is 22.0 Å². The predicted octanol–water partition coefficient (Wildman–Crippen LogP) is 5.30. The fraction of sp³-hybridized carbons (Fsp3) is 0.600. The van der Waals surface area contributed by atoms with Gasteiger partial charge in [-0.05, 0) is 68.1 Å². The first-order valence-electron chi connectivity index (χ1n) is 12.1. The average molecular weight is 497 g/mol. The lowest BCUT2D eigenvalue weighted by Crippen LogP contribution is -2.32. The molecule has 3 fully saturated rings. The molecule has 1 aromatic heterocycles. The summed E-state index contributed by atoms with van der Waals surface area (Å²) in [6.45, 7) is 6.07. The minimum atomic E-state index is -4.70. The Labute approximate surface area is 201 Å². The zero-order valence-electron chi connectivity index (χ0n) is 19.5. The summed E-state index contributed by atoms with van der Waals surface area (Å²) in [6, 6.07) is 2.46. The number of hydrogen-bond donors (Lipinski definition) is 1. The molecule has 1 aliphatic carbocycles. The number of aryl methyl sites for hydroxylation is 1. The van der Waals surface area contributed by atoms with Crippen molar-refractivity contribution >= 4 is 5.82 Å². The standard InChI is InChI=1S/C25H29F5N4O/c1-14-6-19(22(27)10-21(14)26)23-9-20(25(28,29)30)24(33-32-23)31-18-7-16-12-34(13-17(16)8-18)11-15-2-4-35-5-3-15/h6,9-10,15-18H,2-5,7-8,11-13H2,1H3,(H,31,33). The van der Waals surface area contributed by atoms with Gasteiger partial charge in [-0.2, -0.15) is 13.2 Å². The molecule has 3 heterocycles. The number of benzene rings is 1. The van der Waals surface area contributed by atoms with Gasteiger partial charge in [0, 0.05) is 50.5 Å². The second-order valence-corrected chi connectivity index (χ2v) is 10.2. The van der Waals surface area contributed by atoms with Gasteiger partial charge in [0.15, 0.2) is 5.82 Å². The lowest BCUT2D eigenvalue weighted by atomic mass is 10.00. The Bertz CT molecular complexity index is 1060. The molecule has 5 rings (SSSR count). The zero-order valence-corrected chi connectivity index (χ0v) is 19.5. The second-order valence-electron chi connectivity index (χ2n) is 10.2. The molecule has 3 aliphatic rings. The average Bonchev–Trinajstić information content (AvgIpc) is 3.34. The van der Waals surface area contributed by atoms with Crippen LogP contribution >= 0.6 is 0 Å². The van der Waals surface area contributed by atoms with Crippen molar-refractivity contribution in [3.05, 3.63) is 41.0 Å². The summed E-state index contributed by atoms with van der Waals surface area (Å²) in [5.41, 5.74) is -1.38. The number of nitrogens with zero attached hydrogens (tertiary/aromatic N) is 3. The summed E-state index contributed by atoms with van der Waals surface area (Å²) >= 11 is 0. The highest BCUT2D eigenvalue weighted by Crippen LogP contribution is 2.42. The van der Waals surface area contributed by atoms with E-state index in [4.69, 9.17) is 4.74 Å². The van der Waals surface area contributed by atoms with E-state index in [0.717, 1.165) is 70.7 Å². The molecule has 0 spiro atoms. The Hall–Kier alpha value is -2.33. The van der Waals surface area contributed by atoms with Crippen LogP contribution in [0.25, 0.3) is 11.3 Å². The summed E-state index contributed by atoms with van der Waals surface area (Å²) in [4.78, 5) is 2.50. The number of nitrogens with one attached hydrogen (secondary N) is 1. The molecule has 1 saturated carbocycles. The maximum atomic E-state index is 14.3. The maximum absolute atomic E-state index is 14.3. The van der Waals surface area contributed by atoms with Crippen LogP contribution in [0, 0.1) is 36.3 Å². The molecule has 2 atom stereocenters. The van der Waals surface area contributed by atoms with Gasteiger partial charge in [-0.1, -0.05) is 0 Å². The number of alkyl halides is 3. The van der Waals surface area contributed by atoms with Crippen LogP contribution in [-0.2, 0) is 10.9 Å². The Balaban J connectivity index is 1.27. The molecule has 1 N–H and O–H groups in total. The van der Waals surface area contributed by atoms with Crippen molar-refractivity contribution in [2.75, 3.05) is 38.2 Å². The molecule has 0 radical (unpaired) electrons. The SMILES string of the molecule is Cc1cc(-c2cc(C(F)(F)F)c(NC3CC4CN(CC5CCOCC5)CC4C3)nn2)c(F)cc1F. The molecule has 10 heteroatoms. The Morgan fingerprint density at radius 1 is 1.00 bits per heavy atom. The fourth-order valence-corrected chi connectivity index (χ4v) is 5.85. The smallest absolute Gasteiger partial charge is 0.381 e. The van der Waals surface area contributed by atoms with E-state index in [-0.39, 0.29) is 28.7 Å². The van der Waals surface area contributed by atoms with Crippen molar-refractivity contribution in [3.63, 3.8) is 0 Å². The fourth-order valence-electron chi connectivity index (χ4n) is 5.85. The Morgan fingerprint density at radius 2 is 1.69 bits per heavy atom. The number of anilines is 1.